The van der Waals surface area contributed by atoms with Gasteiger partial charge in [-0.25, -0.2) is 0 Å². The molecule has 2 aromatic rings. The van der Waals surface area contributed by atoms with Crippen molar-refractivity contribution in [3.05, 3.63) is 56.8 Å². The summed E-state index contributed by atoms with van der Waals surface area (Å²) in [5.41, 5.74) is 4.01. The maximum absolute atomic E-state index is 6.63. The van der Waals surface area contributed by atoms with Crippen LogP contribution < -0.4 is 0 Å². The predicted molar refractivity (Wildman–Crippen MR) is 86.6 cm³/mol. The summed E-state index contributed by atoms with van der Waals surface area (Å²) < 4.78 is 0. The Morgan fingerprint density at radius 1 is 1.05 bits per heavy atom. The third kappa shape index (κ3) is 3.21. The van der Waals surface area contributed by atoms with E-state index in [0.29, 0.717) is 0 Å². The van der Waals surface area contributed by atoms with Crippen molar-refractivity contribution < 1.29 is 0 Å². The average Bonchev–Trinajstić information content (AvgIpc) is 2.66. The normalized spacial score (nSPS) is 13.6. The monoisotopic (exact) mass is 292 g/mol. The molecule has 2 rings (SSSR count). The van der Waals surface area contributed by atoms with Crippen LogP contribution in [-0.2, 0) is 5.41 Å². The standard InChI is InChI=1S/C17H21ClS/c1-11-10-12(2)19-16(11)15(18)13-6-8-14(9-7-13)17(3,4)5/h6-10,15H,1-5H3. The van der Waals surface area contributed by atoms with Crippen LogP contribution in [0, 0.1) is 13.8 Å². The van der Waals surface area contributed by atoms with Gasteiger partial charge in [0.05, 0.1) is 5.38 Å². The summed E-state index contributed by atoms with van der Waals surface area (Å²) in [4.78, 5) is 2.59. The summed E-state index contributed by atoms with van der Waals surface area (Å²) in [5.74, 6) is 0. The van der Waals surface area contributed by atoms with Gasteiger partial charge < -0.3 is 0 Å². The number of hydrogen-bond acceptors (Lipinski definition) is 1. The first-order valence-electron chi connectivity index (χ1n) is 6.60. The Bertz CT molecular complexity index is 558. The van der Waals surface area contributed by atoms with Gasteiger partial charge in [-0.2, -0.15) is 0 Å². The fraction of sp³-hybridized carbons (Fsp3) is 0.412. The Hall–Kier alpha value is -0.790. The molecule has 0 nitrogen and oxygen atoms in total. The van der Waals surface area contributed by atoms with Crippen LogP contribution in [0.15, 0.2) is 30.3 Å². The highest BCUT2D eigenvalue weighted by Gasteiger charge is 2.18. The van der Waals surface area contributed by atoms with Gasteiger partial charge >= 0.3 is 0 Å². The average molecular weight is 293 g/mol. The molecule has 2 heteroatoms. The van der Waals surface area contributed by atoms with E-state index in [1.54, 1.807) is 11.3 Å². The van der Waals surface area contributed by atoms with Gasteiger partial charge in [-0.15, -0.1) is 22.9 Å². The van der Waals surface area contributed by atoms with Gasteiger partial charge in [0.15, 0.2) is 0 Å². The zero-order valence-electron chi connectivity index (χ0n) is 12.3. The van der Waals surface area contributed by atoms with E-state index in [0.717, 1.165) is 0 Å². The summed E-state index contributed by atoms with van der Waals surface area (Å²) >= 11 is 8.42. The number of thiophene rings is 1. The summed E-state index contributed by atoms with van der Waals surface area (Å²) in [6, 6.07) is 10.9. The molecule has 102 valence electrons. The number of hydrogen-bond donors (Lipinski definition) is 0. The third-order valence-electron chi connectivity index (χ3n) is 3.38. The summed E-state index contributed by atoms with van der Waals surface area (Å²) in [5, 5.41) is -0.0345. The molecule has 0 amide bonds. The van der Waals surface area contributed by atoms with E-state index < -0.39 is 0 Å². The molecule has 1 aromatic carbocycles. The summed E-state index contributed by atoms with van der Waals surface area (Å²) in [7, 11) is 0. The minimum Gasteiger partial charge on any atom is -0.143 e. The van der Waals surface area contributed by atoms with Crippen molar-refractivity contribution in [3.63, 3.8) is 0 Å². The molecule has 0 N–H and O–H groups in total. The van der Waals surface area contributed by atoms with Crippen LogP contribution >= 0.6 is 22.9 Å². The molecule has 1 unspecified atom stereocenters. The second-order valence-electron chi connectivity index (χ2n) is 6.14. The lowest BCUT2D eigenvalue weighted by atomic mass is 9.86. The molecule has 0 aliphatic heterocycles. The van der Waals surface area contributed by atoms with Crippen molar-refractivity contribution in [1.29, 1.82) is 0 Å². The van der Waals surface area contributed by atoms with Crippen LogP contribution in [0.5, 0.6) is 0 Å². The van der Waals surface area contributed by atoms with Crippen LogP contribution in [0.3, 0.4) is 0 Å². The molecule has 1 heterocycles. The number of aryl methyl sites for hydroxylation is 2. The van der Waals surface area contributed by atoms with Crippen molar-refractivity contribution in [2.75, 3.05) is 0 Å². The Balaban J connectivity index is 2.30. The van der Waals surface area contributed by atoms with E-state index in [-0.39, 0.29) is 10.8 Å². The van der Waals surface area contributed by atoms with Crippen LogP contribution in [-0.4, -0.2) is 0 Å². The second kappa shape index (κ2) is 5.30. The van der Waals surface area contributed by atoms with Gasteiger partial charge in [0.2, 0.25) is 0 Å². The van der Waals surface area contributed by atoms with Crippen LogP contribution in [0.2, 0.25) is 0 Å². The highest BCUT2D eigenvalue weighted by atomic mass is 35.5. The Morgan fingerprint density at radius 2 is 1.63 bits per heavy atom. The molecule has 1 aromatic heterocycles. The molecule has 0 saturated heterocycles. The second-order valence-corrected chi connectivity index (χ2v) is 7.86. The van der Waals surface area contributed by atoms with Gasteiger partial charge in [-0.05, 0) is 42.0 Å². The smallest absolute Gasteiger partial charge is 0.0930 e. The van der Waals surface area contributed by atoms with Crippen molar-refractivity contribution in [1.82, 2.24) is 0 Å². The van der Waals surface area contributed by atoms with E-state index >= 15 is 0 Å². The van der Waals surface area contributed by atoms with Crippen molar-refractivity contribution in [2.45, 2.75) is 45.4 Å². The Morgan fingerprint density at radius 3 is 2.05 bits per heavy atom. The SMILES string of the molecule is Cc1cc(C)c(C(Cl)c2ccc(C(C)(C)C)cc2)s1. The molecule has 19 heavy (non-hydrogen) atoms. The molecule has 1 atom stereocenters. The minimum atomic E-state index is -0.0345. The number of benzene rings is 1. The quantitative estimate of drug-likeness (QED) is 0.596. The lowest BCUT2D eigenvalue weighted by Gasteiger charge is -2.20. The molecular formula is C17H21ClS. The van der Waals surface area contributed by atoms with Crippen molar-refractivity contribution >= 4 is 22.9 Å². The third-order valence-corrected chi connectivity index (χ3v) is 5.20. The summed E-state index contributed by atoms with van der Waals surface area (Å²) in [6.07, 6.45) is 0. The van der Waals surface area contributed by atoms with Crippen LogP contribution in [0.25, 0.3) is 0 Å². The summed E-state index contributed by atoms with van der Waals surface area (Å²) in [6.45, 7) is 11.0. The van der Waals surface area contributed by atoms with Gasteiger partial charge in [0, 0.05) is 9.75 Å². The zero-order valence-corrected chi connectivity index (χ0v) is 13.8. The topological polar surface area (TPSA) is 0 Å². The molecule has 0 saturated carbocycles. The van der Waals surface area contributed by atoms with E-state index in [2.05, 4.69) is 65.0 Å². The number of rotatable bonds is 2. The molecule has 0 fully saturated rings. The fourth-order valence-electron chi connectivity index (χ4n) is 2.21. The first-order valence-corrected chi connectivity index (χ1v) is 7.86. The highest BCUT2D eigenvalue weighted by Crippen LogP contribution is 2.37. The molecule has 0 aliphatic carbocycles. The Labute approximate surface area is 125 Å². The molecular weight excluding hydrogens is 272 g/mol. The maximum atomic E-state index is 6.63. The lowest BCUT2D eigenvalue weighted by molar-refractivity contribution is 0.590. The Kier molecular flexibility index (Phi) is 4.08. The molecule has 0 radical (unpaired) electrons. The predicted octanol–water partition coefficient (Wildman–Crippen LogP) is 5.99. The van der Waals surface area contributed by atoms with Crippen molar-refractivity contribution in [3.8, 4) is 0 Å². The van der Waals surface area contributed by atoms with E-state index in [1.165, 1.54) is 26.4 Å². The van der Waals surface area contributed by atoms with Gasteiger partial charge in [0.1, 0.15) is 0 Å². The fourth-order valence-corrected chi connectivity index (χ4v) is 3.71. The number of halogens is 1. The number of alkyl halides is 1. The van der Waals surface area contributed by atoms with Gasteiger partial charge in [0.25, 0.3) is 0 Å². The van der Waals surface area contributed by atoms with Gasteiger partial charge in [-0.1, -0.05) is 45.0 Å². The molecule has 0 aliphatic rings. The zero-order chi connectivity index (χ0) is 14.2. The molecule has 0 spiro atoms. The van der Waals surface area contributed by atoms with E-state index in [9.17, 15) is 0 Å². The highest BCUT2D eigenvalue weighted by molar-refractivity contribution is 7.12. The van der Waals surface area contributed by atoms with Crippen LogP contribution in [0.1, 0.15) is 52.6 Å². The first-order chi connectivity index (χ1) is 8.79. The minimum absolute atomic E-state index is 0.0345. The van der Waals surface area contributed by atoms with Crippen molar-refractivity contribution in [2.24, 2.45) is 0 Å². The first kappa shape index (κ1) is 14.6. The van der Waals surface area contributed by atoms with E-state index in [4.69, 9.17) is 11.6 Å². The maximum Gasteiger partial charge on any atom is 0.0930 e. The molecule has 0 bridgehead atoms. The van der Waals surface area contributed by atoms with E-state index in [1.807, 2.05) is 0 Å². The van der Waals surface area contributed by atoms with Gasteiger partial charge in [-0.3, -0.25) is 0 Å². The largest absolute Gasteiger partial charge is 0.143 e. The van der Waals surface area contributed by atoms with Crippen LogP contribution in [0.4, 0.5) is 0 Å². The lowest BCUT2D eigenvalue weighted by Crippen LogP contribution is -2.10.